The van der Waals surface area contributed by atoms with Gasteiger partial charge >= 0.3 is 0 Å². The zero-order chi connectivity index (χ0) is 15.8. The van der Waals surface area contributed by atoms with Gasteiger partial charge in [0.15, 0.2) is 23.0 Å². The van der Waals surface area contributed by atoms with Crippen LogP contribution in [0.25, 0.3) is 11.1 Å². The molecule has 1 aliphatic heterocycles. The van der Waals surface area contributed by atoms with Crippen LogP contribution in [0.3, 0.4) is 0 Å². The summed E-state index contributed by atoms with van der Waals surface area (Å²) in [7, 11) is 0. The van der Waals surface area contributed by atoms with Crippen molar-refractivity contribution in [3.63, 3.8) is 0 Å². The first kappa shape index (κ1) is 13.6. The summed E-state index contributed by atoms with van der Waals surface area (Å²) < 4.78 is 16.4. The van der Waals surface area contributed by atoms with Gasteiger partial charge in [-0.3, -0.25) is 4.79 Å². The number of aryl methyl sites for hydroxylation is 1. The van der Waals surface area contributed by atoms with Gasteiger partial charge in [0.25, 0.3) is 5.91 Å². The summed E-state index contributed by atoms with van der Waals surface area (Å²) in [5.74, 6) is 1.67. The lowest BCUT2D eigenvalue weighted by molar-refractivity contribution is 0.102. The van der Waals surface area contributed by atoms with Gasteiger partial charge in [-0.05, 0) is 30.3 Å². The molecular formula is C17H14N2O4. The molecule has 6 nitrogen and oxygen atoms in total. The number of nitrogens with zero attached hydrogens (tertiary/aromatic N) is 1. The average molecular weight is 310 g/mol. The van der Waals surface area contributed by atoms with Crippen LogP contribution in [0, 0.1) is 6.92 Å². The number of hydrogen-bond acceptors (Lipinski definition) is 5. The van der Waals surface area contributed by atoms with Crippen molar-refractivity contribution in [1.29, 1.82) is 0 Å². The quantitative estimate of drug-likeness (QED) is 0.787. The summed E-state index contributed by atoms with van der Waals surface area (Å²) in [6.45, 7) is 2.82. The number of oxazole rings is 1. The molecule has 3 aromatic rings. The number of rotatable bonds is 2. The molecule has 0 radical (unpaired) electrons. The first-order valence-corrected chi connectivity index (χ1v) is 7.27. The third kappa shape index (κ3) is 2.59. The standard InChI is InChI=1S/C17H14N2O4/c1-10-18-13-4-2-11(8-15(13)23-10)17(20)19-12-3-5-14-16(9-12)22-7-6-21-14/h2-5,8-9H,6-7H2,1H3,(H,19,20). The predicted molar refractivity (Wildman–Crippen MR) is 84.1 cm³/mol. The van der Waals surface area contributed by atoms with E-state index in [9.17, 15) is 4.79 Å². The van der Waals surface area contributed by atoms with Gasteiger partial charge in [-0.2, -0.15) is 0 Å². The van der Waals surface area contributed by atoms with E-state index in [0.717, 1.165) is 5.52 Å². The van der Waals surface area contributed by atoms with Crippen LogP contribution in [0.15, 0.2) is 40.8 Å². The smallest absolute Gasteiger partial charge is 0.255 e. The summed E-state index contributed by atoms with van der Waals surface area (Å²) in [4.78, 5) is 16.6. The Morgan fingerprint density at radius 2 is 1.91 bits per heavy atom. The van der Waals surface area contributed by atoms with Crippen molar-refractivity contribution in [2.24, 2.45) is 0 Å². The Hall–Kier alpha value is -3.02. The molecule has 0 saturated heterocycles. The molecule has 6 heteroatoms. The summed E-state index contributed by atoms with van der Waals surface area (Å²) in [6.07, 6.45) is 0. The third-order valence-corrected chi connectivity index (χ3v) is 3.56. The lowest BCUT2D eigenvalue weighted by Gasteiger charge is -2.19. The number of amides is 1. The fourth-order valence-electron chi connectivity index (χ4n) is 2.51. The largest absolute Gasteiger partial charge is 0.486 e. The number of nitrogens with one attached hydrogen (secondary N) is 1. The van der Waals surface area contributed by atoms with E-state index in [1.807, 2.05) is 0 Å². The molecule has 0 saturated carbocycles. The van der Waals surface area contributed by atoms with Gasteiger partial charge in [-0.25, -0.2) is 4.98 Å². The fourth-order valence-corrected chi connectivity index (χ4v) is 2.51. The summed E-state index contributed by atoms with van der Waals surface area (Å²) in [6, 6.07) is 10.5. The van der Waals surface area contributed by atoms with Crippen LogP contribution >= 0.6 is 0 Å². The van der Waals surface area contributed by atoms with Crippen molar-refractivity contribution in [2.45, 2.75) is 6.92 Å². The van der Waals surface area contributed by atoms with Crippen molar-refractivity contribution in [1.82, 2.24) is 4.98 Å². The minimum Gasteiger partial charge on any atom is -0.486 e. The van der Waals surface area contributed by atoms with E-state index in [0.29, 0.717) is 47.4 Å². The van der Waals surface area contributed by atoms with E-state index in [1.54, 1.807) is 43.3 Å². The molecular weight excluding hydrogens is 296 g/mol. The highest BCUT2D eigenvalue weighted by atomic mass is 16.6. The molecule has 1 N–H and O–H groups in total. The second-order valence-corrected chi connectivity index (χ2v) is 5.23. The van der Waals surface area contributed by atoms with Crippen molar-refractivity contribution >= 4 is 22.7 Å². The highest BCUT2D eigenvalue weighted by Gasteiger charge is 2.14. The van der Waals surface area contributed by atoms with Crippen molar-refractivity contribution in [3.8, 4) is 11.5 Å². The Morgan fingerprint density at radius 3 is 2.78 bits per heavy atom. The minimum atomic E-state index is -0.224. The monoisotopic (exact) mass is 310 g/mol. The zero-order valence-electron chi connectivity index (χ0n) is 12.5. The average Bonchev–Trinajstić information content (AvgIpc) is 2.93. The lowest BCUT2D eigenvalue weighted by atomic mass is 10.2. The van der Waals surface area contributed by atoms with Crippen molar-refractivity contribution in [2.75, 3.05) is 18.5 Å². The van der Waals surface area contributed by atoms with E-state index in [2.05, 4.69) is 10.3 Å². The molecule has 0 unspecified atom stereocenters. The molecule has 116 valence electrons. The van der Waals surface area contributed by atoms with Crippen LogP contribution in [-0.2, 0) is 0 Å². The van der Waals surface area contributed by atoms with Crippen molar-refractivity contribution in [3.05, 3.63) is 47.9 Å². The Balaban J connectivity index is 1.58. The molecule has 1 aromatic heterocycles. The topological polar surface area (TPSA) is 73.6 Å². The summed E-state index contributed by atoms with van der Waals surface area (Å²) in [5, 5.41) is 2.84. The number of ether oxygens (including phenoxy) is 2. The van der Waals surface area contributed by atoms with Gasteiger partial charge < -0.3 is 19.2 Å². The number of benzene rings is 2. The van der Waals surface area contributed by atoms with Gasteiger partial charge in [0, 0.05) is 24.2 Å². The van der Waals surface area contributed by atoms with Gasteiger partial charge in [0.1, 0.15) is 18.7 Å². The third-order valence-electron chi connectivity index (χ3n) is 3.56. The van der Waals surface area contributed by atoms with Crippen LogP contribution in [0.5, 0.6) is 11.5 Å². The molecule has 0 fully saturated rings. The van der Waals surface area contributed by atoms with Gasteiger partial charge in [-0.15, -0.1) is 0 Å². The maximum atomic E-state index is 12.4. The van der Waals surface area contributed by atoms with Crippen LogP contribution in [0.4, 0.5) is 5.69 Å². The fraction of sp³-hybridized carbons (Fsp3) is 0.176. The molecule has 0 bridgehead atoms. The van der Waals surface area contributed by atoms with Crippen LogP contribution in [0.2, 0.25) is 0 Å². The summed E-state index contributed by atoms with van der Waals surface area (Å²) >= 11 is 0. The lowest BCUT2D eigenvalue weighted by Crippen LogP contribution is -2.16. The molecule has 23 heavy (non-hydrogen) atoms. The molecule has 1 amide bonds. The molecule has 2 heterocycles. The molecule has 4 rings (SSSR count). The van der Waals surface area contributed by atoms with E-state index in [4.69, 9.17) is 13.9 Å². The highest BCUT2D eigenvalue weighted by molar-refractivity contribution is 6.05. The molecule has 0 atom stereocenters. The minimum absolute atomic E-state index is 0.224. The molecule has 0 aliphatic carbocycles. The van der Waals surface area contributed by atoms with Crippen molar-refractivity contribution < 1.29 is 18.7 Å². The number of aromatic nitrogens is 1. The van der Waals surface area contributed by atoms with E-state index in [1.165, 1.54) is 0 Å². The Bertz CT molecular complexity index is 901. The maximum Gasteiger partial charge on any atom is 0.255 e. The highest BCUT2D eigenvalue weighted by Crippen LogP contribution is 2.32. The second-order valence-electron chi connectivity index (χ2n) is 5.23. The number of carbonyl (C=O) groups excluding carboxylic acids is 1. The number of hydrogen-bond donors (Lipinski definition) is 1. The normalized spacial score (nSPS) is 13.1. The van der Waals surface area contributed by atoms with Crippen LogP contribution in [0.1, 0.15) is 16.2 Å². The Morgan fingerprint density at radius 1 is 1.09 bits per heavy atom. The number of fused-ring (bicyclic) bond motifs is 2. The number of carbonyl (C=O) groups is 1. The van der Waals surface area contributed by atoms with E-state index >= 15 is 0 Å². The molecule has 1 aliphatic rings. The van der Waals surface area contributed by atoms with Gasteiger partial charge in [0.2, 0.25) is 0 Å². The Kier molecular flexibility index (Phi) is 3.15. The van der Waals surface area contributed by atoms with Gasteiger partial charge in [-0.1, -0.05) is 0 Å². The Labute approximate surface area is 132 Å². The number of anilines is 1. The predicted octanol–water partition coefficient (Wildman–Crippen LogP) is 3.16. The second kappa shape index (κ2) is 5.31. The van der Waals surface area contributed by atoms with Crippen LogP contribution in [-0.4, -0.2) is 24.1 Å². The molecule has 0 spiro atoms. The molecule has 2 aromatic carbocycles. The van der Waals surface area contributed by atoms with Gasteiger partial charge in [0.05, 0.1) is 0 Å². The first-order chi connectivity index (χ1) is 11.2. The first-order valence-electron chi connectivity index (χ1n) is 7.27. The van der Waals surface area contributed by atoms with Crippen LogP contribution < -0.4 is 14.8 Å². The van der Waals surface area contributed by atoms with E-state index < -0.39 is 0 Å². The van der Waals surface area contributed by atoms with E-state index in [-0.39, 0.29) is 5.91 Å². The maximum absolute atomic E-state index is 12.4. The SMILES string of the molecule is Cc1nc2ccc(C(=O)Nc3ccc4c(c3)OCCO4)cc2o1. The zero-order valence-corrected chi connectivity index (χ0v) is 12.5. The summed E-state index contributed by atoms with van der Waals surface area (Å²) in [5.41, 5.74) is 2.48.